The summed E-state index contributed by atoms with van der Waals surface area (Å²) in [5.41, 5.74) is 5.47. The smallest absolute Gasteiger partial charge is 0.254 e. The first-order valence-electron chi connectivity index (χ1n) is 12.4. The van der Waals surface area contributed by atoms with Crippen LogP contribution in [0.25, 0.3) is 0 Å². The number of hydrogen-bond donors (Lipinski definition) is 3. The first kappa shape index (κ1) is 27.7. The van der Waals surface area contributed by atoms with Gasteiger partial charge in [0.05, 0.1) is 28.3 Å². The predicted molar refractivity (Wildman–Crippen MR) is 154 cm³/mol. The molecule has 4 rings (SSSR count). The second kappa shape index (κ2) is 12.0. The number of dihydropyridines is 1. The van der Waals surface area contributed by atoms with E-state index < -0.39 is 17.6 Å². The molecule has 0 bridgehead atoms. The Bertz CT molecular complexity index is 1550. The highest BCUT2D eigenvalue weighted by Gasteiger charge is 2.36. The van der Waals surface area contributed by atoms with Crippen molar-refractivity contribution in [2.75, 3.05) is 16.4 Å². The fraction of sp³-hybridized carbons (Fsp3) is 0.194. The third-order valence-electron chi connectivity index (χ3n) is 6.64. The van der Waals surface area contributed by atoms with Crippen LogP contribution in [0.5, 0.6) is 0 Å². The van der Waals surface area contributed by atoms with Crippen molar-refractivity contribution < 1.29 is 14.0 Å². The van der Waals surface area contributed by atoms with E-state index in [0.717, 1.165) is 28.5 Å². The summed E-state index contributed by atoms with van der Waals surface area (Å²) in [6.07, 6.45) is 0. The summed E-state index contributed by atoms with van der Waals surface area (Å²) in [6.45, 7) is 7.56. The second-order valence-electron chi connectivity index (χ2n) is 9.38. The lowest BCUT2D eigenvalue weighted by Gasteiger charge is -2.30. The molecule has 2 amide bonds. The van der Waals surface area contributed by atoms with Crippen LogP contribution in [0.3, 0.4) is 0 Å². The molecule has 1 aliphatic heterocycles. The van der Waals surface area contributed by atoms with Crippen LogP contribution in [-0.2, 0) is 9.59 Å². The van der Waals surface area contributed by atoms with Crippen LogP contribution in [0, 0.1) is 37.9 Å². The van der Waals surface area contributed by atoms with Crippen molar-refractivity contribution in [3.05, 3.63) is 117 Å². The summed E-state index contributed by atoms with van der Waals surface area (Å²) in [5, 5.41) is 19.6. The van der Waals surface area contributed by atoms with Crippen LogP contribution < -0.4 is 16.0 Å². The fourth-order valence-electron chi connectivity index (χ4n) is 4.40. The highest BCUT2D eigenvalue weighted by Crippen LogP contribution is 2.42. The molecule has 1 aliphatic rings. The van der Waals surface area contributed by atoms with E-state index in [0.29, 0.717) is 22.1 Å². The topological polar surface area (TPSA) is 94.0 Å². The van der Waals surface area contributed by atoms with Crippen molar-refractivity contribution in [1.82, 2.24) is 5.32 Å². The minimum Gasteiger partial charge on any atom is -0.353 e. The lowest BCUT2D eigenvalue weighted by Crippen LogP contribution is -2.31. The van der Waals surface area contributed by atoms with Crippen molar-refractivity contribution >= 4 is 35.0 Å². The zero-order chi connectivity index (χ0) is 28.1. The molecule has 6 nitrogen and oxygen atoms in total. The van der Waals surface area contributed by atoms with E-state index in [2.05, 4.69) is 22.0 Å². The summed E-state index contributed by atoms with van der Waals surface area (Å²) in [6, 6.07) is 21.3. The normalized spacial score (nSPS) is 14.9. The molecule has 8 heteroatoms. The van der Waals surface area contributed by atoms with Crippen molar-refractivity contribution in [1.29, 1.82) is 5.26 Å². The molecule has 0 saturated carbocycles. The van der Waals surface area contributed by atoms with Crippen molar-refractivity contribution in [3.8, 4) is 6.07 Å². The molecule has 3 aromatic carbocycles. The van der Waals surface area contributed by atoms with Gasteiger partial charge < -0.3 is 16.0 Å². The Morgan fingerprint density at radius 1 is 0.949 bits per heavy atom. The van der Waals surface area contributed by atoms with Crippen LogP contribution in [0.4, 0.5) is 15.8 Å². The third-order valence-corrected chi connectivity index (χ3v) is 7.66. The molecule has 0 spiro atoms. The molecule has 0 fully saturated rings. The van der Waals surface area contributed by atoms with Gasteiger partial charge >= 0.3 is 0 Å². The van der Waals surface area contributed by atoms with E-state index in [1.165, 1.54) is 6.07 Å². The minimum atomic E-state index is -0.952. The summed E-state index contributed by atoms with van der Waals surface area (Å²) in [7, 11) is 0. The number of amides is 2. The van der Waals surface area contributed by atoms with Crippen LogP contribution in [-0.4, -0.2) is 17.6 Å². The predicted octanol–water partition coefficient (Wildman–Crippen LogP) is 6.46. The average Bonchev–Trinajstić information content (AvgIpc) is 2.90. The number of allylic oxidation sites excluding steroid dienone is 2. The van der Waals surface area contributed by atoms with Crippen LogP contribution in [0.2, 0.25) is 0 Å². The molecule has 0 unspecified atom stereocenters. The Balaban J connectivity index is 1.64. The number of anilines is 2. The first-order valence-corrected chi connectivity index (χ1v) is 13.4. The van der Waals surface area contributed by atoms with Gasteiger partial charge in [-0.2, -0.15) is 5.26 Å². The SMILES string of the molecule is CC1=C(C(=O)Nc2ccccc2C)[C@@H](c2ccccc2F)C(C#N)=C(SCC(=O)Nc2ccc(C)c(C)c2)N1. The molecule has 0 aliphatic carbocycles. The first-order chi connectivity index (χ1) is 18.7. The molecular formula is C31H29FN4O2S. The summed E-state index contributed by atoms with van der Waals surface area (Å²) < 4.78 is 15.1. The zero-order valence-corrected chi connectivity index (χ0v) is 23.0. The summed E-state index contributed by atoms with van der Waals surface area (Å²) >= 11 is 1.14. The maximum atomic E-state index is 15.1. The number of halogens is 1. The van der Waals surface area contributed by atoms with Gasteiger partial charge in [0.15, 0.2) is 0 Å². The number of para-hydroxylation sites is 1. The molecular weight excluding hydrogens is 511 g/mol. The van der Waals surface area contributed by atoms with Gasteiger partial charge in [-0.15, -0.1) is 0 Å². The Hall–Kier alpha value is -4.35. The van der Waals surface area contributed by atoms with Crippen molar-refractivity contribution in [2.45, 2.75) is 33.6 Å². The van der Waals surface area contributed by atoms with E-state index in [-0.39, 0.29) is 28.4 Å². The number of thioether (sulfide) groups is 1. The Kier molecular flexibility index (Phi) is 8.52. The zero-order valence-electron chi connectivity index (χ0n) is 22.2. The number of carbonyl (C=O) groups excluding carboxylic acids is 2. The average molecular weight is 541 g/mol. The Labute approximate surface area is 232 Å². The standard InChI is InChI=1S/C31H29FN4O2S/c1-18-13-14-22(15-20(18)3)35-27(37)17-39-31-24(16-33)29(23-10-6-7-11-25(23)32)28(21(4)34-31)30(38)36-26-12-8-5-9-19(26)2/h5-15,29,34H,17H2,1-4H3,(H,35,37)(H,36,38)/t29-/m0/s1. The molecule has 0 radical (unpaired) electrons. The van der Waals surface area contributed by atoms with Gasteiger partial charge in [0, 0.05) is 28.2 Å². The molecule has 3 aromatic rings. The Morgan fingerprint density at radius 2 is 1.67 bits per heavy atom. The van der Waals surface area contributed by atoms with E-state index in [1.54, 1.807) is 31.2 Å². The lowest BCUT2D eigenvalue weighted by molar-refractivity contribution is -0.114. The number of rotatable bonds is 7. The van der Waals surface area contributed by atoms with Crippen LogP contribution in [0.1, 0.15) is 35.1 Å². The number of nitriles is 1. The monoisotopic (exact) mass is 540 g/mol. The Morgan fingerprint density at radius 3 is 2.36 bits per heavy atom. The fourth-order valence-corrected chi connectivity index (χ4v) is 5.30. The van der Waals surface area contributed by atoms with E-state index in [4.69, 9.17) is 0 Å². The quantitative estimate of drug-likeness (QED) is 0.320. The minimum absolute atomic E-state index is 0.0163. The molecule has 1 heterocycles. The molecule has 198 valence electrons. The van der Waals surface area contributed by atoms with E-state index in [9.17, 15) is 14.9 Å². The van der Waals surface area contributed by atoms with Gasteiger partial charge in [0.25, 0.3) is 5.91 Å². The van der Waals surface area contributed by atoms with Gasteiger partial charge in [-0.1, -0.05) is 54.2 Å². The highest BCUT2D eigenvalue weighted by molar-refractivity contribution is 8.03. The van der Waals surface area contributed by atoms with Gasteiger partial charge in [-0.05, 0) is 68.7 Å². The van der Waals surface area contributed by atoms with E-state index in [1.807, 2.05) is 57.2 Å². The van der Waals surface area contributed by atoms with Gasteiger partial charge in [-0.25, -0.2) is 4.39 Å². The second-order valence-corrected chi connectivity index (χ2v) is 10.4. The van der Waals surface area contributed by atoms with Crippen molar-refractivity contribution in [3.63, 3.8) is 0 Å². The number of nitrogens with zero attached hydrogens (tertiary/aromatic N) is 1. The van der Waals surface area contributed by atoms with Crippen LogP contribution in [0.15, 0.2) is 88.6 Å². The number of benzene rings is 3. The van der Waals surface area contributed by atoms with E-state index >= 15 is 4.39 Å². The lowest BCUT2D eigenvalue weighted by atomic mass is 9.82. The summed E-state index contributed by atoms with van der Waals surface area (Å²) in [5.74, 6) is -2.15. The number of aryl methyl sites for hydroxylation is 3. The number of hydrogen-bond acceptors (Lipinski definition) is 5. The summed E-state index contributed by atoms with van der Waals surface area (Å²) in [4.78, 5) is 26.3. The molecule has 3 N–H and O–H groups in total. The van der Waals surface area contributed by atoms with Crippen LogP contribution >= 0.6 is 11.8 Å². The highest BCUT2D eigenvalue weighted by atomic mass is 32.2. The molecule has 0 saturated heterocycles. The van der Waals surface area contributed by atoms with Crippen molar-refractivity contribution in [2.24, 2.45) is 0 Å². The number of nitrogens with one attached hydrogen (secondary N) is 3. The maximum Gasteiger partial charge on any atom is 0.254 e. The maximum absolute atomic E-state index is 15.1. The largest absolute Gasteiger partial charge is 0.353 e. The van der Waals surface area contributed by atoms with Gasteiger partial charge in [-0.3, -0.25) is 9.59 Å². The van der Waals surface area contributed by atoms with Gasteiger partial charge in [0.2, 0.25) is 5.91 Å². The third kappa shape index (κ3) is 6.21. The molecule has 39 heavy (non-hydrogen) atoms. The molecule has 0 aromatic heterocycles. The number of carbonyl (C=O) groups is 2. The molecule has 1 atom stereocenters. The van der Waals surface area contributed by atoms with Gasteiger partial charge in [0.1, 0.15) is 5.82 Å².